The number of aliphatic carboxylic acids is 2. The fourth-order valence-electron chi connectivity index (χ4n) is 2.59. The lowest BCUT2D eigenvalue weighted by atomic mass is 9.97. The molecule has 0 spiro atoms. The summed E-state index contributed by atoms with van der Waals surface area (Å²) in [5.41, 5.74) is 0. The van der Waals surface area contributed by atoms with Crippen LogP contribution < -0.4 is 0 Å². The summed E-state index contributed by atoms with van der Waals surface area (Å²) >= 11 is 0. The number of rotatable bonds is 6. The predicted octanol–water partition coefficient (Wildman–Crippen LogP) is -1.03. The van der Waals surface area contributed by atoms with E-state index in [0.717, 1.165) is 6.08 Å². The van der Waals surface area contributed by atoms with Crippen LogP contribution in [0.5, 0.6) is 0 Å². The van der Waals surface area contributed by atoms with Crippen LogP contribution in [0.2, 0.25) is 0 Å². The summed E-state index contributed by atoms with van der Waals surface area (Å²) in [6, 6.07) is 0. The Balaban J connectivity index is 2.14. The molecule has 1 aliphatic carbocycles. The second-order valence-corrected chi connectivity index (χ2v) is 5.77. The Kier molecular flexibility index (Phi) is 6.37. The number of allylic oxidation sites excluding steroid dienone is 4. The number of carboxylic acids is 2. The average Bonchev–Trinajstić information content (AvgIpc) is 2.60. The van der Waals surface area contributed by atoms with E-state index in [1.54, 1.807) is 6.08 Å². The maximum Gasteiger partial charge on any atom is 0.335 e. The molecule has 6 atom stereocenters. The fraction of sp³-hybridized carbons (Fsp3) is 0.500. The topological polar surface area (TPSA) is 163 Å². The first-order valence-corrected chi connectivity index (χ1v) is 7.70. The number of carboxylic acid groups (broad SMARTS) is 2. The molecule has 1 saturated heterocycles. The normalized spacial score (nSPS) is 34.8. The van der Waals surface area contributed by atoms with E-state index >= 15 is 0 Å². The molecule has 1 fully saturated rings. The molecule has 0 saturated carbocycles. The molecule has 5 N–H and O–H groups in total. The molecule has 10 heteroatoms. The summed E-state index contributed by atoms with van der Waals surface area (Å²) in [7, 11) is 1.37. The van der Waals surface area contributed by atoms with Gasteiger partial charge in [-0.25, -0.2) is 9.59 Å². The van der Waals surface area contributed by atoms with Gasteiger partial charge in [0.25, 0.3) is 0 Å². The van der Waals surface area contributed by atoms with Crippen molar-refractivity contribution in [3.63, 3.8) is 0 Å². The van der Waals surface area contributed by atoms with Crippen molar-refractivity contribution >= 4 is 11.9 Å². The minimum Gasteiger partial charge on any atom is -0.497 e. The zero-order valence-corrected chi connectivity index (χ0v) is 13.8. The Labute approximate surface area is 148 Å². The van der Waals surface area contributed by atoms with Gasteiger partial charge in [0.15, 0.2) is 11.9 Å². The van der Waals surface area contributed by atoms with Crippen LogP contribution in [0.4, 0.5) is 0 Å². The van der Waals surface area contributed by atoms with E-state index in [-0.39, 0.29) is 18.1 Å². The van der Waals surface area contributed by atoms with Gasteiger partial charge >= 0.3 is 11.9 Å². The second kappa shape index (κ2) is 8.32. The molecule has 0 aromatic rings. The lowest BCUT2D eigenvalue weighted by Gasteiger charge is -2.39. The third-order valence-corrected chi connectivity index (χ3v) is 3.98. The van der Waals surface area contributed by atoms with Crippen LogP contribution in [0.1, 0.15) is 6.42 Å². The Morgan fingerprint density at radius 2 is 1.88 bits per heavy atom. The summed E-state index contributed by atoms with van der Waals surface area (Å²) in [4.78, 5) is 21.7. The van der Waals surface area contributed by atoms with Crippen molar-refractivity contribution in [3.05, 3.63) is 35.8 Å². The van der Waals surface area contributed by atoms with Gasteiger partial charge in [0.2, 0.25) is 6.29 Å². The fourth-order valence-corrected chi connectivity index (χ4v) is 2.59. The highest BCUT2D eigenvalue weighted by Gasteiger charge is 2.48. The quantitative estimate of drug-likeness (QED) is 0.364. The molecule has 0 aromatic heterocycles. The number of aliphatic hydroxyl groups is 3. The predicted molar refractivity (Wildman–Crippen MR) is 83.5 cm³/mol. The molecular formula is C16H20O10. The van der Waals surface area contributed by atoms with Crippen molar-refractivity contribution in [1.82, 2.24) is 0 Å². The SMILES string of the molecule is COC1=C(OC2O[C@H](C(=O)O)[C@@H](O)[C@H](O)[C@H]2O)C=CC(C=CC(=O)O)C1. The van der Waals surface area contributed by atoms with Crippen molar-refractivity contribution in [2.75, 3.05) is 7.11 Å². The number of aliphatic hydroxyl groups excluding tert-OH is 3. The van der Waals surface area contributed by atoms with E-state index in [9.17, 15) is 24.9 Å². The molecule has 1 aliphatic heterocycles. The van der Waals surface area contributed by atoms with E-state index in [0.29, 0.717) is 5.76 Å². The third kappa shape index (κ3) is 4.41. The van der Waals surface area contributed by atoms with Crippen LogP contribution in [0.15, 0.2) is 35.8 Å². The minimum atomic E-state index is -1.81. The highest BCUT2D eigenvalue weighted by molar-refractivity contribution is 5.79. The highest BCUT2D eigenvalue weighted by Crippen LogP contribution is 2.30. The van der Waals surface area contributed by atoms with Gasteiger partial charge in [0.05, 0.1) is 7.11 Å². The molecule has 2 aliphatic rings. The summed E-state index contributed by atoms with van der Waals surface area (Å²) in [6.07, 6.45) is -2.79. The molecule has 0 aromatic carbocycles. The molecule has 0 radical (unpaired) electrons. The van der Waals surface area contributed by atoms with E-state index < -0.39 is 42.6 Å². The van der Waals surface area contributed by atoms with Crippen LogP contribution >= 0.6 is 0 Å². The summed E-state index contributed by atoms with van der Waals surface area (Å²) in [6.45, 7) is 0. The van der Waals surface area contributed by atoms with E-state index in [2.05, 4.69) is 0 Å². The lowest BCUT2D eigenvalue weighted by molar-refractivity contribution is -0.284. The zero-order chi connectivity index (χ0) is 19.4. The molecule has 0 bridgehead atoms. The van der Waals surface area contributed by atoms with Crippen molar-refractivity contribution < 1.29 is 49.3 Å². The molecule has 10 nitrogen and oxygen atoms in total. The molecule has 1 heterocycles. The van der Waals surface area contributed by atoms with Gasteiger partial charge in [-0.15, -0.1) is 0 Å². The molecule has 2 rings (SSSR count). The van der Waals surface area contributed by atoms with Gasteiger partial charge in [-0.05, 0) is 6.08 Å². The Morgan fingerprint density at radius 1 is 1.19 bits per heavy atom. The molecular weight excluding hydrogens is 352 g/mol. The molecule has 144 valence electrons. The van der Waals surface area contributed by atoms with Crippen molar-refractivity contribution in [2.24, 2.45) is 5.92 Å². The van der Waals surface area contributed by atoms with Gasteiger partial charge in [-0.2, -0.15) is 0 Å². The molecule has 2 unspecified atom stereocenters. The second-order valence-electron chi connectivity index (χ2n) is 5.77. The van der Waals surface area contributed by atoms with Crippen LogP contribution in [0, 0.1) is 5.92 Å². The Morgan fingerprint density at radius 3 is 2.46 bits per heavy atom. The first-order valence-electron chi connectivity index (χ1n) is 7.70. The smallest absolute Gasteiger partial charge is 0.335 e. The van der Waals surface area contributed by atoms with Gasteiger partial charge in [-0.3, -0.25) is 0 Å². The zero-order valence-electron chi connectivity index (χ0n) is 13.8. The van der Waals surface area contributed by atoms with Crippen LogP contribution in [-0.2, 0) is 23.8 Å². The standard InChI is InChI=1S/C16H20O10/c1-24-9-6-7(3-5-10(17)18)2-4-8(9)25-16-13(21)11(19)12(20)14(26-16)15(22)23/h2-5,7,11-14,16,19-21H,6H2,1H3,(H,17,18)(H,22,23)/t7?,11-,12-,13+,14-,16?/m0/s1. The molecule has 26 heavy (non-hydrogen) atoms. The van der Waals surface area contributed by atoms with Gasteiger partial charge in [-0.1, -0.05) is 12.2 Å². The maximum atomic E-state index is 11.1. The first kappa shape index (κ1) is 19.9. The van der Waals surface area contributed by atoms with E-state index in [1.807, 2.05) is 0 Å². The van der Waals surface area contributed by atoms with Gasteiger partial charge < -0.3 is 39.7 Å². The number of ether oxygens (including phenoxy) is 3. The number of hydrogen-bond acceptors (Lipinski definition) is 8. The van der Waals surface area contributed by atoms with Gasteiger partial charge in [0.1, 0.15) is 24.1 Å². The Hall–Kier alpha value is -2.40. The van der Waals surface area contributed by atoms with E-state index in [4.69, 9.17) is 24.4 Å². The molecule has 0 amide bonds. The van der Waals surface area contributed by atoms with Gasteiger partial charge in [0, 0.05) is 18.4 Å². The van der Waals surface area contributed by atoms with E-state index in [1.165, 1.54) is 19.3 Å². The van der Waals surface area contributed by atoms with Crippen molar-refractivity contribution in [1.29, 1.82) is 0 Å². The average molecular weight is 372 g/mol. The largest absolute Gasteiger partial charge is 0.497 e. The summed E-state index contributed by atoms with van der Waals surface area (Å²) in [5.74, 6) is -2.42. The summed E-state index contributed by atoms with van der Waals surface area (Å²) < 4.78 is 15.7. The minimum absolute atomic E-state index is 0.129. The van der Waals surface area contributed by atoms with Crippen LogP contribution in [0.25, 0.3) is 0 Å². The number of carbonyl (C=O) groups is 2. The number of methoxy groups -OCH3 is 1. The highest BCUT2D eigenvalue weighted by atomic mass is 16.7. The lowest BCUT2D eigenvalue weighted by Crippen LogP contribution is -2.60. The van der Waals surface area contributed by atoms with Crippen molar-refractivity contribution in [3.8, 4) is 0 Å². The summed E-state index contributed by atoms with van der Waals surface area (Å²) in [5, 5.41) is 47.1. The maximum absolute atomic E-state index is 11.1. The Bertz CT molecular complexity index is 637. The van der Waals surface area contributed by atoms with Crippen molar-refractivity contribution in [2.45, 2.75) is 37.1 Å². The third-order valence-electron chi connectivity index (χ3n) is 3.98. The monoisotopic (exact) mass is 372 g/mol. The van der Waals surface area contributed by atoms with Crippen LogP contribution in [-0.4, -0.2) is 75.3 Å². The number of hydrogen-bond donors (Lipinski definition) is 5. The van der Waals surface area contributed by atoms with Crippen LogP contribution in [0.3, 0.4) is 0 Å². The first-order chi connectivity index (χ1) is 12.2.